The Labute approximate surface area is 134 Å². The maximum absolute atomic E-state index is 12.5. The van der Waals surface area contributed by atoms with Crippen molar-refractivity contribution in [3.8, 4) is 11.5 Å². The van der Waals surface area contributed by atoms with Crippen molar-refractivity contribution >= 4 is 22.5 Å². The molecule has 2 heterocycles. The molecule has 0 aliphatic heterocycles. The summed E-state index contributed by atoms with van der Waals surface area (Å²) in [5.74, 6) is 0.363. The minimum atomic E-state index is -0.260. The molecule has 0 aliphatic carbocycles. The van der Waals surface area contributed by atoms with Crippen LogP contribution in [0.5, 0.6) is 0 Å². The van der Waals surface area contributed by atoms with E-state index in [0.29, 0.717) is 17.0 Å². The normalized spacial score (nSPS) is 11.7. The van der Waals surface area contributed by atoms with Gasteiger partial charge in [-0.3, -0.25) is 4.79 Å². The van der Waals surface area contributed by atoms with E-state index < -0.39 is 0 Å². The number of carbonyl (C=O) groups excluding carboxylic acids is 1. The predicted molar refractivity (Wildman–Crippen MR) is 90.3 cm³/mol. The molecule has 0 fully saturated rings. The zero-order valence-corrected chi connectivity index (χ0v) is 13.0. The first kappa shape index (κ1) is 15.0. The van der Waals surface area contributed by atoms with Crippen LogP contribution in [0.25, 0.3) is 22.4 Å². The third-order valence-corrected chi connectivity index (χ3v) is 3.59. The van der Waals surface area contributed by atoms with Gasteiger partial charge in [-0.2, -0.15) is 5.10 Å². The Bertz CT molecular complexity index is 867. The summed E-state index contributed by atoms with van der Waals surface area (Å²) in [4.78, 5) is 17.1. The van der Waals surface area contributed by atoms with Crippen LogP contribution in [0.1, 0.15) is 30.6 Å². The fraction of sp³-hybridized carbons (Fsp3) is 0.167. The SMILES string of the molecule is CC/C(C)=N\NC(=O)c1cc(-c2ccco2)nc2ccccc12. The summed E-state index contributed by atoms with van der Waals surface area (Å²) in [6, 6.07) is 12.9. The van der Waals surface area contributed by atoms with Crippen molar-refractivity contribution < 1.29 is 9.21 Å². The molecule has 116 valence electrons. The Morgan fingerprint density at radius 2 is 2.09 bits per heavy atom. The lowest BCUT2D eigenvalue weighted by Crippen LogP contribution is -2.19. The van der Waals surface area contributed by atoms with Crippen LogP contribution < -0.4 is 5.43 Å². The Kier molecular flexibility index (Phi) is 4.19. The van der Waals surface area contributed by atoms with Gasteiger partial charge in [-0.1, -0.05) is 25.1 Å². The molecule has 0 radical (unpaired) electrons. The van der Waals surface area contributed by atoms with Crippen molar-refractivity contribution in [1.29, 1.82) is 0 Å². The fourth-order valence-corrected chi connectivity index (χ4v) is 2.20. The maximum Gasteiger partial charge on any atom is 0.272 e. The van der Waals surface area contributed by atoms with Gasteiger partial charge in [0.1, 0.15) is 5.69 Å². The van der Waals surface area contributed by atoms with Gasteiger partial charge in [0.2, 0.25) is 0 Å². The topological polar surface area (TPSA) is 67.5 Å². The molecule has 0 saturated heterocycles. The van der Waals surface area contributed by atoms with Crippen LogP contribution >= 0.6 is 0 Å². The van der Waals surface area contributed by atoms with Gasteiger partial charge in [0, 0.05) is 11.1 Å². The lowest BCUT2D eigenvalue weighted by atomic mass is 10.1. The number of benzene rings is 1. The molecule has 3 aromatic rings. The molecule has 0 aliphatic rings. The number of nitrogens with one attached hydrogen (secondary N) is 1. The standard InChI is InChI=1S/C18H17N3O2/c1-3-12(2)20-21-18(22)14-11-16(17-9-6-10-23-17)19-15-8-5-4-7-13(14)15/h4-11H,3H2,1-2H3,(H,21,22)/b20-12-. The lowest BCUT2D eigenvalue weighted by molar-refractivity contribution is 0.0956. The van der Waals surface area contributed by atoms with Crippen molar-refractivity contribution in [3.05, 3.63) is 54.3 Å². The number of furan rings is 1. The molecule has 5 heteroatoms. The highest BCUT2D eigenvalue weighted by atomic mass is 16.3. The minimum Gasteiger partial charge on any atom is -0.463 e. The number of carbonyl (C=O) groups is 1. The van der Waals surface area contributed by atoms with E-state index in [9.17, 15) is 4.79 Å². The largest absolute Gasteiger partial charge is 0.463 e. The number of hydrogen-bond acceptors (Lipinski definition) is 4. The summed E-state index contributed by atoms with van der Waals surface area (Å²) in [5, 5.41) is 4.87. The summed E-state index contributed by atoms with van der Waals surface area (Å²) < 4.78 is 5.40. The molecule has 0 bridgehead atoms. The predicted octanol–water partition coefficient (Wildman–Crippen LogP) is 4.01. The third-order valence-electron chi connectivity index (χ3n) is 3.59. The quantitative estimate of drug-likeness (QED) is 0.585. The van der Waals surface area contributed by atoms with E-state index in [4.69, 9.17) is 4.42 Å². The van der Waals surface area contributed by atoms with Crippen molar-refractivity contribution in [2.45, 2.75) is 20.3 Å². The highest BCUT2D eigenvalue weighted by Gasteiger charge is 2.14. The van der Waals surface area contributed by atoms with Crippen LogP contribution in [0.15, 0.2) is 58.2 Å². The van der Waals surface area contributed by atoms with Crippen molar-refractivity contribution in [3.63, 3.8) is 0 Å². The smallest absolute Gasteiger partial charge is 0.272 e. The average molecular weight is 307 g/mol. The molecule has 1 N–H and O–H groups in total. The number of hydrogen-bond donors (Lipinski definition) is 1. The van der Waals surface area contributed by atoms with Crippen LogP contribution in [-0.4, -0.2) is 16.6 Å². The molecule has 0 atom stereocenters. The van der Waals surface area contributed by atoms with E-state index in [1.54, 1.807) is 18.4 Å². The number of para-hydroxylation sites is 1. The third kappa shape index (κ3) is 3.13. The first-order valence-electron chi connectivity index (χ1n) is 7.46. The van der Waals surface area contributed by atoms with Gasteiger partial charge in [0.25, 0.3) is 5.91 Å². The molecule has 0 saturated carbocycles. The second kappa shape index (κ2) is 6.44. The Morgan fingerprint density at radius 1 is 1.26 bits per heavy atom. The monoisotopic (exact) mass is 307 g/mol. The fourth-order valence-electron chi connectivity index (χ4n) is 2.20. The van der Waals surface area contributed by atoms with Gasteiger partial charge in [0.15, 0.2) is 5.76 Å². The zero-order valence-electron chi connectivity index (χ0n) is 13.0. The first-order chi connectivity index (χ1) is 11.2. The number of rotatable bonds is 4. The molecule has 1 amide bonds. The second-order valence-electron chi connectivity index (χ2n) is 5.19. The summed E-state index contributed by atoms with van der Waals surface area (Å²) in [5.41, 5.74) is 5.35. The van der Waals surface area contributed by atoms with Crippen LogP contribution in [0.2, 0.25) is 0 Å². The summed E-state index contributed by atoms with van der Waals surface area (Å²) in [7, 11) is 0. The molecule has 1 aromatic carbocycles. The minimum absolute atomic E-state index is 0.260. The molecular formula is C18H17N3O2. The second-order valence-corrected chi connectivity index (χ2v) is 5.19. The van der Waals surface area contributed by atoms with Crippen LogP contribution in [-0.2, 0) is 0 Å². The maximum atomic E-state index is 12.5. The van der Waals surface area contributed by atoms with Crippen molar-refractivity contribution in [2.24, 2.45) is 5.10 Å². The number of hydrazone groups is 1. The zero-order chi connectivity index (χ0) is 16.2. The molecule has 3 rings (SSSR count). The van der Waals surface area contributed by atoms with E-state index in [-0.39, 0.29) is 5.91 Å². The van der Waals surface area contributed by atoms with Gasteiger partial charge in [0.05, 0.1) is 17.3 Å². The van der Waals surface area contributed by atoms with Crippen LogP contribution in [0.4, 0.5) is 0 Å². The van der Waals surface area contributed by atoms with E-state index in [2.05, 4.69) is 15.5 Å². The molecule has 2 aromatic heterocycles. The van der Waals surface area contributed by atoms with E-state index in [0.717, 1.165) is 23.0 Å². The van der Waals surface area contributed by atoms with Crippen molar-refractivity contribution in [1.82, 2.24) is 10.4 Å². The molecule has 0 spiro atoms. The van der Waals surface area contributed by atoms with Crippen LogP contribution in [0.3, 0.4) is 0 Å². The Hall–Kier alpha value is -2.95. The van der Waals surface area contributed by atoms with E-state index in [1.165, 1.54) is 0 Å². The molecular weight excluding hydrogens is 290 g/mol. The first-order valence-corrected chi connectivity index (χ1v) is 7.46. The molecule has 0 unspecified atom stereocenters. The Morgan fingerprint density at radius 3 is 2.83 bits per heavy atom. The summed E-state index contributed by atoms with van der Waals surface area (Å²) in [6.07, 6.45) is 2.37. The van der Waals surface area contributed by atoms with Gasteiger partial charge in [-0.05, 0) is 37.6 Å². The van der Waals surface area contributed by atoms with Gasteiger partial charge in [-0.25, -0.2) is 10.4 Å². The van der Waals surface area contributed by atoms with Gasteiger partial charge >= 0.3 is 0 Å². The van der Waals surface area contributed by atoms with E-state index in [1.807, 2.05) is 44.2 Å². The highest BCUT2D eigenvalue weighted by molar-refractivity contribution is 6.07. The number of aromatic nitrogens is 1. The van der Waals surface area contributed by atoms with E-state index >= 15 is 0 Å². The number of amides is 1. The Balaban J connectivity index is 2.09. The summed E-state index contributed by atoms with van der Waals surface area (Å²) in [6.45, 7) is 3.86. The van der Waals surface area contributed by atoms with Gasteiger partial charge < -0.3 is 4.42 Å². The summed E-state index contributed by atoms with van der Waals surface area (Å²) >= 11 is 0. The lowest BCUT2D eigenvalue weighted by Gasteiger charge is -2.08. The molecule has 23 heavy (non-hydrogen) atoms. The van der Waals surface area contributed by atoms with Gasteiger partial charge in [-0.15, -0.1) is 0 Å². The number of nitrogens with zero attached hydrogens (tertiary/aromatic N) is 2. The van der Waals surface area contributed by atoms with Crippen LogP contribution in [0, 0.1) is 0 Å². The van der Waals surface area contributed by atoms with Crippen molar-refractivity contribution in [2.75, 3.05) is 0 Å². The molecule has 5 nitrogen and oxygen atoms in total. The average Bonchev–Trinajstić information content (AvgIpc) is 3.13. The number of pyridine rings is 1. The number of fused-ring (bicyclic) bond motifs is 1. The highest BCUT2D eigenvalue weighted by Crippen LogP contribution is 2.25.